The molecule has 3 rings (SSSR count). The molecule has 8 heteroatoms. The molecule has 1 spiro atoms. The van der Waals surface area contributed by atoms with Crippen molar-refractivity contribution in [2.24, 2.45) is 5.41 Å². The quantitative estimate of drug-likeness (QED) is 0.695. The number of fused-ring (bicyclic) bond motifs is 2. The summed E-state index contributed by atoms with van der Waals surface area (Å²) in [4.78, 5) is 27.7. The van der Waals surface area contributed by atoms with Crippen LogP contribution in [0.5, 0.6) is 0 Å². The summed E-state index contributed by atoms with van der Waals surface area (Å²) in [5.74, 6) is -1.59. The highest BCUT2D eigenvalue weighted by Crippen LogP contribution is 2.49. The van der Waals surface area contributed by atoms with Gasteiger partial charge in [-0.15, -0.1) is 0 Å². The zero-order chi connectivity index (χ0) is 20.2. The van der Waals surface area contributed by atoms with Gasteiger partial charge < -0.3 is 9.80 Å². The molecule has 147 valence electrons. The molecular weight excluding hydrogens is 364 g/mol. The number of amides is 2. The first-order valence-electron chi connectivity index (χ1n) is 8.75. The fraction of sp³-hybridized carbons (Fsp3) is 0.579. The van der Waals surface area contributed by atoms with Crippen molar-refractivity contribution in [3.63, 3.8) is 0 Å². The van der Waals surface area contributed by atoms with Crippen molar-refractivity contribution in [1.82, 2.24) is 4.90 Å². The summed E-state index contributed by atoms with van der Waals surface area (Å²) in [5, 5.41) is 0. The molecule has 2 aliphatic rings. The maximum absolute atomic E-state index is 14.6. The molecule has 27 heavy (non-hydrogen) atoms. The number of halogens is 4. The van der Waals surface area contributed by atoms with Crippen LogP contribution >= 0.6 is 0 Å². The number of anilines is 1. The lowest BCUT2D eigenvalue weighted by Gasteiger charge is -2.40. The average Bonchev–Trinajstić information content (AvgIpc) is 2.77. The number of benzene rings is 1. The highest BCUT2D eigenvalue weighted by atomic mass is 19.4. The Bertz CT molecular complexity index is 775. The van der Waals surface area contributed by atoms with E-state index >= 15 is 0 Å². The van der Waals surface area contributed by atoms with E-state index < -0.39 is 35.3 Å². The van der Waals surface area contributed by atoms with Crippen molar-refractivity contribution in [2.45, 2.75) is 45.2 Å². The Morgan fingerprint density at radius 3 is 2.30 bits per heavy atom. The predicted octanol–water partition coefficient (Wildman–Crippen LogP) is 3.44. The van der Waals surface area contributed by atoms with Gasteiger partial charge in [0.2, 0.25) is 11.8 Å². The molecule has 1 radical (unpaired) electrons. The minimum Gasteiger partial charge on any atom is -0.342 e. The van der Waals surface area contributed by atoms with E-state index in [1.54, 1.807) is 25.7 Å². The summed E-state index contributed by atoms with van der Waals surface area (Å²) >= 11 is 0. The summed E-state index contributed by atoms with van der Waals surface area (Å²) < 4.78 is 53.5. The second-order valence-electron chi connectivity index (χ2n) is 8.19. The van der Waals surface area contributed by atoms with E-state index in [-0.39, 0.29) is 43.1 Å². The van der Waals surface area contributed by atoms with E-state index in [0.717, 1.165) is 6.07 Å². The van der Waals surface area contributed by atoms with Crippen molar-refractivity contribution in [2.75, 3.05) is 24.5 Å². The molecule has 0 unspecified atom stereocenters. The molecule has 2 amide bonds. The Hall–Kier alpha value is -2.12. The van der Waals surface area contributed by atoms with E-state index in [9.17, 15) is 27.2 Å². The normalized spacial score (nSPS) is 19.6. The van der Waals surface area contributed by atoms with Crippen LogP contribution in [0.1, 0.15) is 39.2 Å². The summed E-state index contributed by atoms with van der Waals surface area (Å²) in [6, 6.07) is 4.73. The van der Waals surface area contributed by atoms with Gasteiger partial charge in [-0.05, 0) is 31.0 Å². The first-order chi connectivity index (χ1) is 12.4. The van der Waals surface area contributed by atoms with Crippen LogP contribution < -0.4 is 4.90 Å². The SMILES string of the molecule is CC(C)(C)C(=O)N1CCC2(CC1)C(=O)N(CC(F)(F)F)c1c[c]cc(F)c12. The van der Waals surface area contributed by atoms with E-state index in [4.69, 9.17) is 0 Å². The molecule has 2 heterocycles. The summed E-state index contributed by atoms with van der Waals surface area (Å²) in [7, 11) is 0. The number of likely N-dealkylation sites (tertiary alicyclic amines) is 1. The van der Waals surface area contributed by atoms with Crippen LogP contribution in [-0.2, 0) is 15.0 Å². The van der Waals surface area contributed by atoms with Gasteiger partial charge >= 0.3 is 6.18 Å². The molecule has 4 nitrogen and oxygen atoms in total. The first-order valence-corrected chi connectivity index (χ1v) is 8.75. The van der Waals surface area contributed by atoms with Gasteiger partial charge in [0.15, 0.2) is 0 Å². The second-order valence-corrected chi connectivity index (χ2v) is 8.19. The topological polar surface area (TPSA) is 40.6 Å². The lowest BCUT2D eigenvalue weighted by molar-refractivity contribution is -0.143. The minimum atomic E-state index is -4.60. The monoisotopic (exact) mass is 385 g/mol. The van der Waals surface area contributed by atoms with E-state index in [0.29, 0.717) is 4.90 Å². The number of piperidine rings is 1. The Kier molecular flexibility index (Phi) is 4.51. The van der Waals surface area contributed by atoms with Gasteiger partial charge in [0, 0.05) is 24.1 Å². The second kappa shape index (κ2) is 6.21. The molecule has 0 atom stereocenters. The molecule has 2 aliphatic heterocycles. The van der Waals surface area contributed by atoms with Gasteiger partial charge in [-0.3, -0.25) is 9.59 Å². The Morgan fingerprint density at radius 2 is 1.78 bits per heavy atom. The largest absolute Gasteiger partial charge is 0.406 e. The van der Waals surface area contributed by atoms with Crippen molar-refractivity contribution in [3.8, 4) is 0 Å². The molecule has 1 fully saturated rings. The standard InChI is InChI=1S/C19H21F4N2O2/c1-17(2,3)15(26)24-9-7-18(8-10-24)14-12(20)5-4-6-13(14)25(16(18)27)11-19(21,22)23/h5-6H,7-11H2,1-3H3. The van der Waals surface area contributed by atoms with Crippen LogP contribution in [0.3, 0.4) is 0 Å². The molecule has 1 aromatic rings. The number of carbonyl (C=O) groups is 2. The number of hydrogen-bond donors (Lipinski definition) is 0. The number of carbonyl (C=O) groups excluding carboxylic acids is 2. The average molecular weight is 385 g/mol. The Balaban J connectivity index is 1.95. The molecule has 1 saturated heterocycles. The van der Waals surface area contributed by atoms with Gasteiger partial charge in [0.05, 0.1) is 11.1 Å². The summed E-state index contributed by atoms with van der Waals surface area (Å²) in [6.45, 7) is 4.24. The zero-order valence-electron chi connectivity index (χ0n) is 15.4. The van der Waals surface area contributed by atoms with Crippen LogP contribution in [-0.4, -0.2) is 42.5 Å². The summed E-state index contributed by atoms with van der Waals surface area (Å²) in [5.41, 5.74) is -2.05. The van der Waals surface area contributed by atoms with Crippen molar-refractivity contribution < 1.29 is 27.2 Å². The molecule has 0 aromatic heterocycles. The highest BCUT2D eigenvalue weighted by molar-refractivity contribution is 6.08. The first kappa shape index (κ1) is 19.6. The number of nitrogens with zero attached hydrogens (tertiary/aromatic N) is 2. The van der Waals surface area contributed by atoms with E-state index in [1.165, 1.54) is 6.07 Å². The van der Waals surface area contributed by atoms with Crippen LogP contribution in [0, 0.1) is 17.3 Å². The lowest BCUT2D eigenvalue weighted by atomic mass is 9.73. The maximum Gasteiger partial charge on any atom is 0.406 e. The fourth-order valence-electron chi connectivity index (χ4n) is 3.99. The Labute approximate surface area is 155 Å². The van der Waals surface area contributed by atoms with Crippen LogP contribution in [0.25, 0.3) is 0 Å². The van der Waals surface area contributed by atoms with Crippen molar-refractivity contribution in [1.29, 1.82) is 0 Å². The predicted molar refractivity (Wildman–Crippen MR) is 90.6 cm³/mol. The molecule has 1 aromatic carbocycles. The van der Waals surface area contributed by atoms with Gasteiger partial charge in [-0.2, -0.15) is 13.2 Å². The lowest BCUT2D eigenvalue weighted by Crippen LogP contribution is -2.53. The fourth-order valence-corrected chi connectivity index (χ4v) is 3.99. The third kappa shape index (κ3) is 3.30. The molecular formula is C19H21F4N2O2. The maximum atomic E-state index is 14.6. The van der Waals surface area contributed by atoms with Gasteiger partial charge in [0.1, 0.15) is 12.4 Å². The van der Waals surface area contributed by atoms with Crippen molar-refractivity contribution >= 4 is 17.5 Å². The van der Waals surface area contributed by atoms with Gasteiger partial charge in [-0.1, -0.05) is 20.8 Å². The zero-order valence-corrected chi connectivity index (χ0v) is 15.4. The van der Waals surface area contributed by atoms with Crippen molar-refractivity contribution in [3.05, 3.63) is 29.6 Å². The number of hydrogen-bond acceptors (Lipinski definition) is 2. The van der Waals surface area contributed by atoms with Gasteiger partial charge in [0.25, 0.3) is 0 Å². The Morgan fingerprint density at radius 1 is 1.19 bits per heavy atom. The molecule has 0 N–H and O–H groups in total. The van der Waals surface area contributed by atoms with Gasteiger partial charge in [-0.25, -0.2) is 4.39 Å². The highest BCUT2D eigenvalue weighted by Gasteiger charge is 2.55. The number of rotatable bonds is 1. The summed E-state index contributed by atoms with van der Waals surface area (Å²) in [6.07, 6.45) is -4.42. The number of alkyl halides is 3. The third-order valence-electron chi connectivity index (χ3n) is 5.23. The molecule has 0 bridgehead atoms. The van der Waals surface area contributed by atoms with Crippen LogP contribution in [0.15, 0.2) is 12.1 Å². The smallest absolute Gasteiger partial charge is 0.342 e. The van der Waals surface area contributed by atoms with E-state index in [2.05, 4.69) is 6.07 Å². The third-order valence-corrected chi connectivity index (χ3v) is 5.23. The molecule has 0 saturated carbocycles. The minimum absolute atomic E-state index is 0.00152. The van der Waals surface area contributed by atoms with Crippen LogP contribution in [0.4, 0.5) is 23.2 Å². The molecule has 0 aliphatic carbocycles. The van der Waals surface area contributed by atoms with E-state index in [1.807, 2.05) is 0 Å². The van der Waals surface area contributed by atoms with Crippen LogP contribution in [0.2, 0.25) is 0 Å².